The molecule has 6 aliphatic rings. The first-order chi connectivity index (χ1) is 24.4. The molecule has 52 heavy (non-hydrogen) atoms. The largest absolute Gasteiger partial charge is 0.481 e. The zero-order valence-corrected chi connectivity index (χ0v) is 32.5. The number of hydrogen-bond acceptors (Lipinski definition) is 8. The lowest BCUT2D eigenvalue weighted by molar-refractivity contribution is -0.199. The molecule has 7 rings (SSSR count). The van der Waals surface area contributed by atoms with Crippen LogP contribution < -0.4 is 10.6 Å². The molecule has 0 unspecified atom stereocenters. The van der Waals surface area contributed by atoms with E-state index in [9.17, 15) is 19.2 Å². The number of benzene rings is 1. The van der Waals surface area contributed by atoms with Gasteiger partial charge in [-0.3, -0.25) is 14.5 Å². The van der Waals surface area contributed by atoms with E-state index in [1.807, 2.05) is 58.9 Å². The zero-order valence-electron chi connectivity index (χ0n) is 32.5. The average molecular weight is 723 g/mol. The van der Waals surface area contributed by atoms with Crippen LogP contribution in [0.4, 0.5) is 9.59 Å². The summed E-state index contributed by atoms with van der Waals surface area (Å²) in [6.07, 6.45) is 1.62. The third-order valence-electron chi connectivity index (χ3n) is 12.4. The topological polar surface area (TPSA) is 136 Å². The van der Waals surface area contributed by atoms with Crippen LogP contribution in [-0.4, -0.2) is 89.9 Å². The summed E-state index contributed by atoms with van der Waals surface area (Å²) in [6.45, 7) is 19.3. The first-order valence-electron chi connectivity index (χ1n) is 19.3. The van der Waals surface area contributed by atoms with Crippen LogP contribution in [0.5, 0.6) is 0 Å². The number of nitrogens with one attached hydrogen (secondary N) is 2. The van der Waals surface area contributed by atoms with Crippen LogP contribution in [-0.2, 0) is 41.5 Å². The van der Waals surface area contributed by atoms with E-state index < -0.39 is 60.4 Å². The predicted octanol–water partition coefficient (Wildman–Crippen LogP) is 5.46. The van der Waals surface area contributed by atoms with E-state index >= 15 is 0 Å². The fraction of sp³-hybridized carbons (Fsp3) is 0.744. The molecule has 13 heteroatoms. The molecule has 3 aliphatic heterocycles. The molecule has 0 radical (unpaired) electrons. The second kappa shape index (κ2) is 14.5. The van der Waals surface area contributed by atoms with Gasteiger partial charge in [0.05, 0.1) is 30.8 Å². The summed E-state index contributed by atoms with van der Waals surface area (Å²) in [5, 5.41) is 5.98. The minimum Gasteiger partial charge on any atom is -0.449 e. The molecule has 0 aromatic heterocycles. The number of alkyl carbamates (subject to hydrolysis) is 1. The molecule has 3 heterocycles. The van der Waals surface area contributed by atoms with Crippen molar-refractivity contribution in [1.82, 2.24) is 20.4 Å². The fourth-order valence-corrected chi connectivity index (χ4v) is 9.21. The van der Waals surface area contributed by atoms with Crippen molar-refractivity contribution in [3.05, 3.63) is 35.4 Å². The lowest BCUT2D eigenvalue weighted by Crippen LogP contribution is -2.65. The summed E-state index contributed by atoms with van der Waals surface area (Å²) in [6, 6.07) is 5.92. The Kier molecular flexibility index (Phi) is 10.7. The minimum atomic E-state index is -1.00. The molecule has 3 saturated carbocycles. The van der Waals surface area contributed by atoms with Gasteiger partial charge in [0.25, 0.3) is 0 Å². The number of carbonyl (C=O) groups is 4. The molecule has 1 aromatic rings. The van der Waals surface area contributed by atoms with Crippen LogP contribution in [0.25, 0.3) is 0 Å². The molecule has 2 bridgehead atoms. The van der Waals surface area contributed by atoms with Crippen LogP contribution in [0.2, 0.25) is 0 Å². The first kappa shape index (κ1) is 38.4. The predicted molar refractivity (Wildman–Crippen MR) is 196 cm³/mol. The summed E-state index contributed by atoms with van der Waals surface area (Å²) >= 11 is 0. The highest BCUT2D eigenvalue weighted by Gasteiger charge is 2.68. The molecule has 4 amide bonds. The third kappa shape index (κ3) is 7.41. The third-order valence-corrected chi connectivity index (χ3v) is 12.4. The second-order valence-electron chi connectivity index (χ2n) is 18.0. The Morgan fingerprint density at radius 3 is 2.29 bits per heavy atom. The van der Waals surface area contributed by atoms with Gasteiger partial charge in [-0.15, -0.1) is 0 Å². The number of rotatable bonds is 10. The summed E-state index contributed by atoms with van der Waals surface area (Å²) < 4.78 is 24.7. The molecular formula is C39H59BN4O8. The van der Waals surface area contributed by atoms with Gasteiger partial charge >= 0.3 is 19.3 Å². The van der Waals surface area contributed by atoms with Gasteiger partial charge in [-0.2, -0.15) is 0 Å². The maximum Gasteiger partial charge on any atom is 0.481 e. The van der Waals surface area contributed by atoms with E-state index in [0.717, 1.165) is 30.4 Å². The van der Waals surface area contributed by atoms with E-state index in [-0.39, 0.29) is 42.9 Å². The van der Waals surface area contributed by atoms with Gasteiger partial charge in [-0.1, -0.05) is 86.1 Å². The molecular weight excluding hydrogens is 663 g/mol. The van der Waals surface area contributed by atoms with E-state index in [0.29, 0.717) is 31.3 Å². The number of ether oxygens (including phenoxy) is 2. The van der Waals surface area contributed by atoms with Crippen molar-refractivity contribution in [1.29, 1.82) is 0 Å². The molecule has 8 atom stereocenters. The molecule has 5 fully saturated rings. The quantitative estimate of drug-likeness (QED) is 0.304. The van der Waals surface area contributed by atoms with Gasteiger partial charge in [0.15, 0.2) is 0 Å². The van der Waals surface area contributed by atoms with Crippen LogP contribution >= 0.6 is 0 Å². The van der Waals surface area contributed by atoms with Crippen LogP contribution in [0.15, 0.2) is 24.3 Å². The van der Waals surface area contributed by atoms with Gasteiger partial charge in [-0.05, 0) is 65.9 Å². The molecule has 286 valence electrons. The van der Waals surface area contributed by atoms with Crippen molar-refractivity contribution in [3.63, 3.8) is 0 Å². The molecule has 3 aliphatic carbocycles. The molecule has 2 N–H and O–H groups in total. The van der Waals surface area contributed by atoms with Gasteiger partial charge in [0.2, 0.25) is 11.8 Å². The van der Waals surface area contributed by atoms with Crippen molar-refractivity contribution in [2.45, 2.75) is 143 Å². The normalized spacial score (nSPS) is 29.9. The average Bonchev–Trinajstić information content (AvgIpc) is 3.79. The molecule has 0 spiro atoms. The maximum absolute atomic E-state index is 14.5. The summed E-state index contributed by atoms with van der Waals surface area (Å²) in [5.74, 6) is -0.163. The summed E-state index contributed by atoms with van der Waals surface area (Å²) in [5.41, 5.74) is 1.16. The van der Waals surface area contributed by atoms with E-state index in [1.54, 1.807) is 4.90 Å². The minimum absolute atomic E-state index is 0.00587. The van der Waals surface area contributed by atoms with Crippen LogP contribution in [0, 0.1) is 28.6 Å². The van der Waals surface area contributed by atoms with Crippen molar-refractivity contribution in [3.8, 4) is 0 Å². The number of hydrogen-bond donors (Lipinski definition) is 2. The number of carbonyl (C=O) groups excluding carboxylic acids is 4. The number of amides is 4. The Morgan fingerprint density at radius 1 is 1.02 bits per heavy atom. The van der Waals surface area contributed by atoms with E-state index in [4.69, 9.17) is 18.8 Å². The molecule has 2 saturated heterocycles. The summed E-state index contributed by atoms with van der Waals surface area (Å²) in [7, 11) is -0.621. The lowest BCUT2D eigenvalue weighted by Gasteiger charge is -2.64. The Hall–Kier alpha value is -3.32. The van der Waals surface area contributed by atoms with Gasteiger partial charge in [0, 0.05) is 19.5 Å². The highest BCUT2D eigenvalue weighted by Crippen LogP contribution is 2.65. The van der Waals surface area contributed by atoms with E-state index in [2.05, 4.69) is 38.3 Å². The zero-order chi connectivity index (χ0) is 37.7. The maximum atomic E-state index is 14.5. The fourth-order valence-electron chi connectivity index (χ4n) is 9.21. The number of likely N-dealkylation sites (tertiary alicyclic amines) is 1. The molecule has 1 aromatic carbocycles. The van der Waals surface area contributed by atoms with Gasteiger partial charge in [-0.25, -0.2) is 9.59 Å². The Morgan fingerprint density at radius 2 is 1.69 bits per heavy atom. The summed E-state index contributed by atoms with van der Waals surface area (Å²) in [4.78, 5) is 58.3. The first-order valence-corrected chi connectivity index (χ1v) is 19.3. The Balaban J connectivity index is 1.20. The Bertz CT molecular complexity index is 1510. The Labute approximate surface area is 309 Å². The smallest absolute Gasteiger partial charge is 0.449 e. The number of fused-ring (bicyclic) bond motifs is 1. The molecule has 12 nitrogen and oxygen atoms in total. The van der Waals surface area contributed by atoms with Crippen molar-refractivity contribution < 1.29 is 38.0 Å². The lowest BCUT2D eigenvalue weighted by atomic mass is 9.43. The van der Waals surface area contributed by atoms with E-state index in [1.165, 1.54) is 4.90 Å². The van der Waals surface area contributed by atoms with Crippen molar-refractivity contribution in [2.24, 2.45) is 28.6 Å². The SMILES string of the molecule is CCC[C@H](NC(=O)[C@@H]1C[C@@H](OC(=O)N2Cc3ccccc3C2)CN1C(=O)[C@@H](NC(=O)OCC(C)C)C(C)(C)C)B1O[C@@H]2C[C@H]3C[C@H](C3(C)C)[C@]2(C)O1. The van der Waals surface area contributed by atoms with Crippen molar-refractivity contribution >= 4 is 31.1 Å². The van der Waals surface area contributed by atoms with Crippen LogP contribution in [0.3, 0.4) is 0 Å². The number of nitrogens with zero attached hydrogens (tertiary/aromatic N) is 2. The standard InChI is InChI=1S/C39H59BN4O8/c1-10-13-31(40-51-30-17-26-16-29(38(26,7)8)39(30,9)52-40)41-33(45)28-18-27(50-36(48)43-19-24-14-11-12-15-25(24)20-43)21-44(28)34(46)32(37(4,5)6)42-35(47)49-22-23(2)3/h11-12,14-15,23,26-32H,10,13,16-22H2,1-9H3,(H,41,45)(H,42,47)/t26-,27-,28+,29-,30-,31+,32-,39+/m1/s1. The van der Waals surface area contributed by atoms with Gasteiger partial charge in [0.1, 0.15) is 18.2 Å². The monoisotopic (exact) mass is 722 g/mol. The van der Waals surface area contributed by atoms with Crippen molar-refractivity contribution in [2.75, 3.05) is 13.2 Å². The highest BCUT2D eigenvalue weighted by molar-refractivity contribution is 6.48. The van der Waals surface area contributed by atoms with Gasteiger partial charge < -0.3 is 34.3 Å². The highest BCUT2D eigenvalue weighted by atomic mass is 16.7. The second-order valence-corrected chi connectivity index (χ2v) is 18.0. The van der Waals surface area contributed by atoms with Crippen LogP contribution in [0.1, 0.15) is 106 Å².